The lowest BCUT2D eigenvalue weighted by Gasteiger charge is -2.12. The molecule has 0 saturated heterocycles. The molecule has 0 amide bonds. The molecule has 2 aromatic rings. The van der Waals surface area contributed by atoms with Crippen molar-refractivity contribution in [1.82, 2.24) is 9.88 Å². The van der Waals surface area contributed by atoms with E-state index >= 15 is 0 Å². The first-order valence-electron chi connectivity index (χ1n) is 6.19. The summed E-state index contributed by atoms with van der Waals surface area (Å²) in [5.74, 6) is 0.854. The second-order valence-electron chi connectivity index (χ2n) is 4.61. The minimum atomic E-state index is -3.77. The first-order chi connectivity index (χ1) is 9.83. The number of nitrogens with zero attached hydrogens (tertiary/aromatic N) is 1. The lowest BCUT2D eigenvalue weighted by atomic mass is 10.2. The number of sulfonamides is 1. The summed E-state index contributed by atoms with van der Waals surface area (Å²) in [6, 6.07) is 4.62. The SMILES string of the molecule is COc1cc(C)c(N)cc1S(=O)(=O)NCc1cc(C)on1. The molecular weight excluding hydrogens is 294 g/mol. The van der Waals surface area contributed by atoms with Gasteiger partial charge in [0.1, 0.15) is 16.4 Å². The topological polar surface area (TPSA) is 107 Å². The number of benzene rings is 1. The largest absolute Gasteiger partial charge is 0.495 e. The second-order valence-corrected chi connectivity index (χ2v) is 6.35. The van der Waals surface area contributed by atoms with Gasteiger partial charge in [0, 0.05) is 11.8 Å². The molecule has 3 N–H and O–H groups in total. The predicted molar refractivity (Wildman–Crippen MR) is 77.4 cm³/mol. The highest BCUT2D eigenvalue weighted by molar-refractivity contribution is 7.89. The fraction of sp³-hybridized carbons (Fsp3) is 0.308. The number of methoxy groups -OCH3 is 1. The molecule has 0 aliphatic rings. The van der Waals surface area contributed by atoms with Gasteiger partial charge >= 0.3 is 0 Å². The Labute approximate surface area is 123 Å². The van der Waals surface area contributed by atoms with Crippen molar-refractivity contribution in [2.24, 2.45) is 0 Å². The Morgan fingerprint density at radius 3 is 2.62 bits per heavy atom. The number of nitrogens with one attached hydrogen (secondary N) is 1. The molecule has 0 unspecified atom stereocenters. The van der Waals surface area contributed by atoms with Crippen LogP contribution in [0.25, 0.3) is 0 Å². The van der Waals surface area contributed by atoms with Gasteiger partial charge in [-0.25, -0.2) is 13.1 Å². The zero-order valence-electron chi connectivity index (χ0n) is 12.0. The second kappa shape index (κ2) is 5.74. The lowest BCUT2D eigenvalue weighted by molar-refractivity contribution is 0.389. The third-order valence-corrected chi connectivity index (χ3v) is 4.38. The third kappa shape index (κ3) is 3.34. The van der Waals surface area contributed by atoms with Crippen molar-refractivity contribution in [3.8, 4) is 5.75 Å². The van der Waals surface area contributed by atoms with Crippen molar-refractivity contribution in [1.29, 1.82) is 0 Å². The van der Waals surface area contributed by atoms with Gasteiger partial charge < -0.3 is 15.0 Å². The van der Waals surface area contributed by atoms with Gasteiger partial charge in [-0.1, -0.05) is 5.16 Å². The van der Waals surface area contributed by atoms with Crippen LogP contribution in [-0.4, -0.2) is 20.7 Å². The molecule has 0 bridgehead atoms. The maximum atomic E-state index is 12.4. The Kier molecular flexibility index (Phi) is 4.19. The zero-order chi connectivity index (χ0) is 15.6. The average molecular weight is 311 g/mol. The van der Waals surface area contributed by atoms with E-state index in [0.29, 0.717) is 17.1 Å². The van der Waals surface area contributed by atoms with E-state index in [4.69, 9.17) is 15.0 Å². The Morgan fingerprint density at radius 2 is 2.05 bits per heavy atom. The number of aryl methyl sites for hydroxylation is 2. The van der Waals surface area contributed by atoms with Gasteiger partial charge in [0.05, 0.1) is 19.3 Å². The molecule has 21 heavy (non-hydrogen) atoms. The van der Waals surface area contributed by atoms with Crippen LogP contribution in [-0.2, 0) is 16.6 Å². The van der Waals surface area contributed by atoms with Crippen LogP contribution in [0.4, 0.5) is 5.69 Å². The highest BCUT2D eigenvalue weighted by Gasteiger charge is 2.21. The minimum Gasteiger partial charge on any atom is -0.495 e. The van der Waals surface area contributed by atoms with Gasteiger partial charge in [-0.05, 0) is 31.5 Å². The number of aromatic nitrogens is 1. The number of nitrogen functional groups attached to an aromatic ring is 1. The zero-order valence-corrected chi connectivity index (χ0v) is 12.8. The fourth-order valence-electron chi connectivity index (χ4n) is 1.79. The van der Waals surface area contributed by atoms with Crippen LogP contribution in [0.15, 0.2) is 27.6 Å². The number of rotatable bonds is 5. The molecule has 8 heteroatoms. The van der Waals surface area contributed by atoms with Gasteiger partial charge in [-0.3, -0.25) is 0 Å². The van der Waals surface area contributed by atoms with E-state index in [1.54, 1.807) is 26.0 Å². The van der Waals surface area contributed by atoms with Crippen LogP contribution in [0.1, 0.15) is 17.0 Å². The summed E-state index contributed by atoms with van der Waals surface area (Å²) >= 11 is 0. The van der Waals surface area contributed by atoms with Crippen molar-refractivity contribution in [2.75, 3.05) is 12.8 Å². The third-order valence-electron chi connectivity index (χ3n) is 2.96. The summed E-state index contributed by atoms with van der Waals surface area (Å²) in [4.78, 5) is -0.00619. The average Bonchev–Trinajstić information content (AvgIpc) is 2.85. The number of nitrogens with two attached hydrogens (primary N) is 1. The Balaban J connectivity index is 2.28. The number of anilines is 1. The Hall–Kier alpha value is -2.06. The molecule has 1 heterocycles. The number of hydrogen-bond acceptors (Lipinski definition) is 6. The van der Waals surface area contributed by atoms with Gasteiger partial charge in [0.25, 0.3) is 0 Å². The van der Waals surface area contributed by atoms with Crippen LogP contribution >= 0.6 is 0 Å². The Bertz CT molecular complexity index is 753. The Morgan fingerprint density at radius 1 is 1.33 bits per heavy atom. The van der Waals surface area contributed by atoms with E-state index in [1.165, 1.54) is 13.2 Å². The maximum Gasteiger partial charge on any atom is 0.244 e. The van der Waals surface area contributed by atoms with Crippen LogP contribution in [0.3, 0.4) is 0 Å². The molecule has 7 nitrogen and oxygen atoms in total. The summed E-state index contributed by atoms with van der Waals surface area (Å²) < 4.78 is 37.1. The molecule has 2 rings (SSSR count). The molecule has 0 radical (unpaired) electrons. The first kappa shape index (κ1) is 15.3. The van der Waals surface area contributed by atoms with Crippen molar-refractivity contribution in [2.45, 2.75) is 25.3 Å². The normalized spacial score (nSPS) is 11.6. The van der Waals surface area contributed by atoms with Gasteiger partial charge in [0.2, 0.25) is 10.0 Å². The maximum absolute atomic E-state index is 12.4. The minimum absolute atomic E-state index is 0.00619. The highest BCUT2D eigenvalue weighted by atomic mass is 32.2. The first-order valence-corrected chi connectivity index (χ1v) is 7.68. The summed E-state index contributed by atoms with van der Waals surface area (Å²) in [7, 11) is -2.36. The summed E-state index contributed by atoms with van der Waals surface area (Å²) in [6.07, 6.45) is 0. The monoisotopic (exact) mass is 311 g/mol. The van der Waals surface area contributed by atoms with E-state index in [9.17, 15) is 8.42 Å². The van der Waals surface area contributed by atoms with Crippen LogP contribution in [0.5, 0.6) is 5.75 Å². The van der Waals surface area contributed by atoms with Gasteiger partial charge in [0.15, 0.2) is 0 Å². The van der Waals surface area contributed by atoms with Crippen molar-refractivity contribution in [3.63, 3.8) is 0 Å². The molecule has 1 aromatic heterocycles. The quantitative estimate of drug-likeness (QED) is 0.807. The highest BCUT2D eigenvalue weighted by Crippen LogP contribution is 2.28. The standard InChI is InChI=1S/C13H17N3O4S/c1-8-4-12(19-3)13(6-11(8)14)21(17,18)15-7-10-5-9(2)20-16-10/h4-6,15H,7,14H2,1-3H3. The van der Waals surface area contributed by atoms with E-state index < -0.39 is 10.0 Å². The summed E-state index contributed by atoms with van der Waals surface area (Å²) in [5, 5.41) is 3.73. The molecular formula is C13H17N3O4S. The van der Waals surface area contributed by atoms with Gasteiger partial charge in [-0.15, -0.1) is 0 Å². The number of ether oxygens (including phenoxy) is 1. The molecule has 0 spiro atoms. The smallest absolute Gasteiger partial charge is 0.244 e. The van der Waals surface area contributed by atoms with Crippen LogP contribution in [0, 0.1) is 13.8 Å². The molecule has 0 fully saturated rings. The predicted octanol–water partition coefficient (Wildman–Crippen LogP) is 1.36. The van der Waals surface area contributed by atoms with E-state index in [-0.39, 0.29) is 17.2 Å². The van der Waals surface area contributed by atoms with Gasteiger partial charge in [-0.2, -0.15) is 0 Å². The van der Waals surface area contributed by atoms with E-state index in [2.05, 4.69) is 9.88 Å². The molecule has 114 valence electrons. The molecule has 0 aliphatic carbocycles. The molecule has 0 aliphatic heterocycles. The molecule has 0 atom stereocenters. The number of hydrogen-bond donors (Lipinski definition) is 2. The van der Waals surface area contributed by atoms with Crippen molar-refractivity contribution < 1.29 is 17.7 Å². The fourth-order valence-corrected chi connectivity index (χ4v) is 2.98. The molecule has 0 saturated carbocycles. The van der Waals surface area contributed by atoms with Crippen molar-refractivity contribution in [3.05, 3.63) is 35.2 Å². The molecule has 1 aromatic carbocycles. The summed E-state index contributed by atoms with van der Waals surface area (Å²) in [6.45, 7) is 3.53. The van der Waals surface area contributed by atoms with Crippen LogP contribution < -0.4 is 15.2 Å². The summed E-state index contributed by atoms with van der Waals surface area (Å²) in [5.41, 5.74) is 7.40. The van der Waals surface area contributed by atoms with Crippen molar-refractivity contribution >= 4 is 15.7 Å². The van der Waals surface area contributed by atoms with E-state index in [0.717, 1.165) is 5.56 Å². The lowest BCUT2D eigenvalue weighted by Crippen LogP contribution is -2.24. The van der Waals surface area contributed by atoms with Crippen LogP contribution in [0.2, 0.25) is 0 Å². The van der Waals surface area contributed by atoms with E-state index in [1.807, 2.05) is 0 Å².